The number of aromatic nitrogens is 3. The van der Waals surface area contributed by atoms with Crippen molar-refractivity contribution in [2.75, 3.05) is 12.4 Å². The molecule has 28 heavy (non-hydrogen) atoms. The van der Waals surface area contributed by atoms with Gasteiger partial charge >= 0.3 is 0 Å². The normalized spacial score (nSPS) is 12.1. The Hall–Kier alpha value is -3.34. The lowest BCUT2D eigenvalue weighted by Gasteiger charge is -2.17. The molecule has 5 heteroatoms. The predicted molar refractivity (Wildman–Crippen MR) is 113 cm³/mol. The number of nitrogens with zero attached hydrogens (tertiary/aromatic N) is 3. The van der Waals surface area contributed by atoms with Crippen LogP contribution in [-0.4, -0.2) is 21.7 Å². The molecule has 0 saturated heterocycles. The first kappa shape index (κ1) is 18.0. The van der Waals surface area contributed by atoms with Crippen molar-refractivity contribution in [2.24, 2.45) is 0 Å². The van der Waals surface area contributed by atoms with Gasteiger partial charge in [0.1, 0.15) is 11.6 Å². The van der Waals surface area contributed by atoms with Crippen molar-refractivity contribution >= 4 is 11.5 Å². The molecule has 0 saturated carbocycles. The number of nitrogens with one attached hydrogen (secondary N) is 1. The van der Waals surface area contributed by atoms with E-state index < -0.39 is 0 Å². The van der Waals surface area contributed by atoms with E-state index >= 15 is 0 Å². The van der Waals surface area contributed by atoms with Crippen LogP contribution in [0.15, 0.2) is 60.7 Å². The molecule has 0 bridgehead atoms. The summed E-state index contributed by atoms with van der Waals surface area (Å²) < 4.78 is 7.47. The molecule has 0 unspecified atom stereocenters. The van der Waals surface area contributed by atoms with Crippen LogP contribution in [0.3, 0.4) is 0 Å². The molecule has 0 spiro atoms. The maximum absolute atomic E-state index is 5.58. The highest BCUT2D eigenvalue weighted by atomic mass is 16.5. The molecule has 2 heterocycles. The van der Waals surface area contributed by atoms with Gasteiger partial charge in [0, 0.05) is 23.4 Å². The van der Waals surface area contributed by atoms with E-state index in [2.05, 4.69) is 36.5 Å². The Labute approximate surface area is 165 Å². The topological polar surface area (TPSA) is 51.5 Å². The largest absolute Gasteiger partial charge is 0.496 e. The zero-order valence-electron chi connectivity index (χ0n) is 16.6. The van der Waals surface area contributed by atoms with Crippen molar-refractivity contribution < 1.29 is 4.74 Å². The highest BCUT2D eigenvalue weighted by Gasteiger charge is 2.19. The molecule has 0 aliphatic carbocycles. The SMILES string of the molecule is COc1ccccc1-c1c(C)nn2c(N[C@H](C)c3ccccc3)cc(C)nc12. The summed E-state index contributed by atoms with van der Waals surface area (Å²) in [4.78, 5) is 4.79. The van der Waals surface area contributed by atoms with Gasteiger partial charge in [0.2, 0.25) is 0 Å². The number of hydrogen-bond donors (Lipinski definition) is 1. The average Bonchev–Trinajstić information content (AvgIpc) is 3.04. The van der Waals surface area contributed by atoms with Crippen molar-refractivity contribution in [3.8, 4) is 16.9 Å². The number of methoxy groups -OCH3 is 1. The minimum Gasteiger partial charge on any atom is -0.496 e. The highest BCUT2D eigenvalue weighted by molar-refractivity contribution is 5.84. The molecule has 0 aliphatic heterocycles. The molecule has 142 valence electrons. The van der Waals surface area contributed by atoms with Gasteiger partial charge in [-0.1, -0.05) is 48.5 Å². The van der Waals surface area contributed by atoms with E-state index in [1.807, 2.05) is 54.8 Å². The minimum atomic E-state index is 0.144. The first-order chi connectivity index (χ1) is 13.6. The number of ether oxygens (including phenoxy) is 1. The van der Waals surface area contributed by atoms with Crippen LogP contribution in [0.25, 0.3) is 16.8 Å². The first-order valence-corrected chi connectivity index (χ1v) is 9.40. The van der Waals surface area contributed by atoms with Gasteiger partial charge in [-0.15, -0.1) is 0 Å². The average molecular weight is 372 g/mol. The summed E-state index contributed by atoms with van der Waals surface area (Å²) in [6.07, 6.45) is 0. The molecule has 2 aromatic heterocycles. The summed E-state index contributed by atoms with van der Waals surface area (Å²) in [6, 6.07) is 20.5. The number of rotatable bonds is 5. The van der Waals surface area contributed by atoms with E-state index in [-0.39, 0.29) is 6.04 Å². The van der Waals surface area contributed by atoms with E-state index in [9.17, 15) is 0 Å². The van der Waals surface area contributed by atoms with Crippen LogP contribution in [0.5, 0.6) is 5.75 Å². The van der Waals surface area contributed by atoms with Crippen LogP contribution in [0.2, 0.25) is 0 Å². The first-order valence-electron chi connectivity index (χ1n) is 9.40. The van der Waals surface area contributed by atoms with Crippen LogP contribution in [0, 0.1) is 13.8 Å². The number of fused-ring (bicyclic) bond motifs is 1. The molecule has 0 amide bonds. The molecule has 2 aromatic carbocycles. The molecule has 4 aromatic rings. The predicted octanol–water partition coefficient (Wildman–Crippen LogP) is 5.19. The smallest absolute Gasteiger partial charge is 0.165 e. The van der Waals surface area contributed by atoms with Crippen molar-refractivity contribution in [3.05, 3.63) is 77.6 Å². The van der Waals surface area contributed by atoms with Gasteiger partial charge in [-0.25, -0.2) is 4.98 Å². The Morgan fingerprint density at radius 1 is 1.00 bits per heavy atom. The second kappa shape index (κ2) is 7.35. The Kier molecular flexibility index (Phi) is 4.74. The number of hydrogen-bond acceptors (Lipinski definition) is 4. The second-order valence-electron chi connectivity index (χ2n) is 6.96. The van der Waals surface area contributed by atoms with Crippen LogP contribution in [0.4, 0.5) is 5.82 Å². The fourth-order valence-corrected chi connectivity index (χ4v) is 3.56. The van der Waals surface area contributed by atoms with E-state index in [1.54, 1.807) is 7.11 Å². The summed E-state index contributed by atoms with van der Waals surface area (Å²) in [7, 11) is 1.69. The molecule has 1 N–H and O–H groups in total. The maximum Gasteiger partial charge on any atom is 0.165 e. The number of benzene rings is 2. The molecule has 4 rings (SSSR count). The number of anilines is 1. The van der Waals surface area contributed by atoms with Crippen LogP contribution in [-0.2, 0) is 0 Å². The molecule has 1 atom stereocenters. The van der Waals surface area contributed by atoms with Crippen molar-refractivity contribution in [2.45, 2.75) is 26.8 Å². The summed E-state index contributed by atoms with van der Waals surface area (Å²) in [5, 5.41) is 8.38. The summed E-state index contributed by atoms with van der Waals surface area (Å²) in [5.74, 6) is 1.74. The van der Waals surface area contributed by atoms with Crippen LogP contribution < -0.4 is 10.1 Å². The molecule has 0 fully saturated rings. The van der Waals surface area contributed by atoms with Crippen molar-refractivity contribution in [1.82, 2.24) is 14.6 Å². The maximum atomic E-state index is 5.58. The summed E-state index contributed by atoms with van der Waals surface area (Å²) >= 11 is 0. The van der Waals surface area contributed by atoms with Gasteiger partial charge < -0.3 is 10.1 Å². The van der Waals surface area contributed by atoms with Crippen LogP contribution in [0.1, 0.15) is 29.9 Å². The minimum absolute atomic E-state index is 0.144. The van der Waals surface area contributed by atoms with E-state index in [4.69, 9.17) is 14.8 Å². The van der Waals surface area contributed by atoms with Crippen molar-refractivity contribution in [1.29, 1.82) is 0 Å². The van der Waals surface area contributed by atoms with Gasteiger partial charge in [-0.2, -0.15) is 9.61 Å². The quantitative estimate of drug-likeness (QED) is 0.523. The fourth-order valence-electron chi connectivity index (χ4n) is 3.56. The molecule has 5 nitrogen and oxygen atoms in total. The van der Waals surface area contributed by atoms with E-state index in [0.717, 1.165) is 39.7 Å². The monoisotopic (exact) mass is 372 g/mol. The standard InChI is InChI=1S/C23H24N4O/c1-15-14-21(25-16(2)18-10-6-5-7-11-18)27-23(24-15)22(17(3)26-27)19-12-8-9-13-20(19)28-4/h5-14,16,25H,1-4H3/t16-/m1/s1. The molecular formula is C23H24N4O. The Morgan fingerprint density at radius 3 is 2.46 bits per heavy atom. The second-order valence-corrected chi connectivity index (χ2v) is 6.96. The van der Waals surface area contributed by atoms with Gasteiger partial charge in [-0.05, 0) is 32.4 Å². The fraction of sp³-hybridized carbons (Fsp3) is 0.217. The van der Waals surface area contributed by atoms with Crippen molar-refractivity contribution in [3.63, 3.8) is 0 Å². The highest BCUT2D eigenvalue weighted by Crippen LogP contribution is 2.35. The van der Waals surface area contributed by atoms with Gasteiger partial charge in [0.25, 0.3) is 0 Å². The third-order valence-electron chi connectivity index (χ3n) is 4.93. The Bertz CT molecular complexity index is 1120. The zero-order valence-corrected chi connectivity index (χ0v) is 16.6. The van der Waals surface area contributed by atoms with Crippen LogP contribution >= 0.6 is 0 Å². The summed E-state index contributed by atoms with van der Waals surface area (Å²) in [5.41, 5.74) is 5.89. The third-order valence-corrected chi connectivity index (χ3v) is 4.93. The Balaban J connectivity index is 1.84. The summed E-state index contributed by atoms with van der Waals surface area (Å²) in [6.45, 7) is 6.16. The number of aryl methyl sites for hydroxylation is 2. The van der Waals surface area contributed by atoms with E-state index in [1.165, 1.54) is 5.56 Å². The van der Waals surface area contributed by atoms with Gasteiger partial charge in [-0.3, -0.25) is 0 Å². The molecular weight excluding hydrogens is 348 g/mol. The lowest BCUT2D eigenvalue weighted by Crippen LogP contribution is -2.11. The molecule has 0 radical (unpaired) electrons. The zero-order chi connectivity index (χ0) is 19.7. The third kappa shape index (κ3) is 3.20. The Morgan fingerprint density at radius 2 is 1.71 bits per heavy atom. The number of para-hydroxylation sites is 1. The van der Waals surface area contributed by atoms with Gasteiger partial charge in [0.05, 0.1) is 18.4 Å². The lowest BCUT2D eigenvalue weighted by atomic mass is 10.1. The lowest BCUT2D eigenvalue weighted by molar-refractivity contribution is 0.416. The molecule has 0 aliphatic rings. The van der Waals surface area contributed by atoms with Gasteiger partial charge in [0.15, 0.2) is 5.65 Å². The van der Waals surface area contributed by atoms with E-state index in [0.29, 0.717) is 0 Å².